The molecule has 2 rings (SSSR count). The molecule has 1 saturated heterocycles. The zero-order valence-corrected chi connectivity index (χ0v) is 13.7. The molecule has 0 saturated carbocycles. The molecule has 1 heterocycles. The molecule has 0 amide bonds. The predicted molar refractivity (Wildman–Crippen MR) is 87.3 cm³/mol. The molecule has 0 unspecified atom stereocenters. The first-order valence-electron chi connectivity index (χ1n) is 8.36. The minimum absolute atomic E-state index is 0.181. The highest BCUT2D eigenvalue weighted by atomic mass is 19.4. The van der Waals surface area contributed by atoms with Gasteiger partial charge in [-0.1, -0.05) is 18.6 Å². The number of benzene rings is 1. The molecular weight excluding hydrogens is 320 g/mol. The lowest BCUT2D eigenvalue weighted by molar-refractivity contribution is -0.137. The lowest BCUT2D eigenvalue weighted by Gasteiger charge is -2.35. The van der Waals surface area contributed by atoms with Crippen molar-refractivity contribution >= 4 is 0 Å². The van der Waals surface area contributed by atoms with Crippen molar-refractivity contribution < 1.29 is 17.6 Å². The molecule has 6 heteroatoms. The summed E-state index contributed by atoms with van der Waals surface area (Å²) in [6.07, 6.45) is 0.793. The van der Waals surface area contributed by atoms with Crippen molar-refractivity contribution in [2.45, 2.75) is 37.9 Å². The molecule has 0 spiro atoms. The average Bonchev–Trinajstić information content (AvgIpc) is 2.55. The number of piperazine rings is 1. The van der Waals surface area contributed by atoms with Crippen molar-refractivity contribution in [3.63, 3.8) is 0 Å². The molecule has 1 aliphatic rings. The molecule has 1 aromatic carbocycles. The van der Waals surface area contributed by atoms with Crippen LogP contribution in [0.5, 0.6) is 0 Å². The van der Waals surface area contributed by atoms with Gasteiger partial charge in [0.2, 0.25) is 0 Å². The van der Waals surface area contributed by atoms with E-state index >= 15 is 0 Å². The SMILES string of the molecule is C=CCCCC[C@@H](c1ccc(C(F)(F)F)cc1F)N1CCNCC1. The second-order valence-electron chi connectivity index (χ2n) is 6.11. The zero-order valence-electron chi connectivity index (χ0n) is 13.7. The minimum atomic E-state index is -4.52. The van der Waals surface area contributed by atoms with Crippen LogP contribution in [0.25, 0.3) is 0 Å². The van der Waals surface area contributed by atoms with Gasteiger partial charge in [0.15, 0.2) is 0 Å². The maximum Gasteiger partial charge on any atom is 0.416 e. The number of hydrogen-bond donors (Lipinski definition) is 1. The predicted octanol–water partition coefficient (Wildman–Crippen LogP) is 4.54. The largest absolute Gasteiger partial charge is 0.416 e. The highest BCUT2D eigenvalue weighted by Crippen LogP contribution is 2.34. The second kappa shape index (κ2) is 8.62. The van der Waals surface area contributed by atoms with Crippen LogP contribution in [0.2, 0.25) is 0 Å². The van der Waals surface area contributed by atoms with Crippen LogP contribution in [-0.2, 0) is 6.18 Å². The quantitative estimate of drug-likeness (QED) is 0.444. The lowest BCUT2D eigenvalue weighted by atomic mass is 9.96. The highest BCUT2D eigenvalue weighted by molar-refractivity contribution is 5.29. The molecular formula is C18H24F4N2. The van der Waals surface area contributed by atoms with E-state index in [1.165, 1.54) is 6.07 Å². The van der Waals surface area contributed by atoms with E-state index in [1.807, 2.05) is 6.08 Å². The van der Waals surface area contributed by atoms with Crippen LogP contribution in [0.3, 0.4) is 0 Å². The molecule has 24 heavy (non-hydrogen) atoms. The van der Waals surface area contributed by atoms with E-state index in [9.17, 15) is 17.6 Å². The van der Waals surface area contributed by atoms with Gasteiger partial charge in [-0.3, -0.25) is 4.90 Å². The molecule has 0 aliphatic carbocycles. The Morgan fingerprint density at radius 2 is 1.92 bits per heavy atom. The van der Waals surface area contributed by atoms with E-state index in [2.05, 4.69) is 16.8 Å². The third kappa shape index (κ3) is 5.05. The van der Waals surface area contributed by atoms with Crippen LogP contribution < -0.4 is 5.32 Å². The Bertz CT molecular complexity index is 536. The van der Waals surface area contributed by atoms with Gasteiger partial charge in [-0.2, -0.15) is 13.2 Å². The molecule has 1 fully saturated rings. The van der Waals surface area contributed by atoms with E-state index in [4.69, 9.17) is 0 Å². The first-order chi connectivity index (χ1) is 11.4. The van der Waals surface area contributed by atoms with Crippen LogP contribution in [-0.4, -0.2) is 31.1 Å². The summed E-state index contributed by atoms with van der Waals surface area (Å²) in [7, 11) is 0. The van der Waals surface area contributed by atoms with Crippen LogP contribution >= 0.6 is 0 Å². The van der Waals surface area contributed by atoms with Gasteiger partial charge >= 0.3 is 6.18 Å². The summed E-state index contributed by atoms with van der Waals surface area (Å²) in [5.41, 5.74) is -0.571. The van der Waals surface area contributed by atoms with Gasteiger partial charge in [-0.15, -0.1) is 6.58 Å². The summed E-state index contributed by atoms with van der Waals surface area (Å²) in [5, 5.41) is 3.24. The van der Waals surface area contributed by atoms with Gasteiger partial charge in [0.05, 0.1) is 5.56 Å². The number of nitrogens with one attached hydrogen (secondary N) is 1. The van der Waals surface area contributed by atoms with E-state index in [0.29, 0.717) is 11.6 Å². The number of unbranched alkanes of at least 4 members (excludes halogenated alkanes) is 2. The average molecular weight is 344 g/mol. The fourth-order valence-electron chi connectivity index (χ4n) is 3.13. The molecule has 1 aliphatic heterocycles. The standard InChI is InChI=1S/C18H24F4N2/c1-2-3-4-5-6-17(24-11-9-23-10-12-24)15-8-7-14(13-16(15)19)18(20,21)22/h2,7-8,13,17,23H,1,3-6,9-12H2/t17-/m0/s1. The normalized spacial score (nSPS) is 17.7. The number of rotatable bonds is 7. The van der Waals surface area contributed by atoms with Crippen molar-refractivity contribution in [2.75, 3.05) is 26.2 Å². The van der Waals surface area contributed by atoms with Crippen LogP contribution in [0.1, 0.15) is 42.9 Å². The molecule has 2 nitrogen and oxygen atoms in total. The first kappa shape index (κ1) is 18.9. The first-order valence-corrected chi connectivity index (χ1v) is 8.36. The molecule has 1 N–H and O–H groups in total. The van der Waals surface area contributed by atoms with Crippen molar-refractivity contribution in [2.24, 2.45) is 0 Å². The number of allylic oxidation sites excluding steroid dienone is 1. The Morgan fingerprint density at radius 3 is 2.50 bits per heavy atom. The number of halogens is 4. The van der Waals surface area contributed by atoms with Gasteiger partial charge in [0.1, 0.15) is 5.82 Å². The van der Waals surface area contributed by atoms with Gasteiger partial charge in [0.25, 0.3) is 0 Å². The minimum Gasteiger partial charge on any atom is -0.314 e. The van der Waals surface area contributed by atoms with Crippen molar-refractivity contribution in [1.82, 2.24) is 10.2 Å². The summed E-state index contributed by atoms with van der Waals surface area (Å²) in [6, 6.07) is 2.73. The molecule has 0 bridgehead atoms. The summed E-state index contributed by atoms with van der Waals surface area (Å²) < 4.78 is 52.6. The summed E-state index contributed by atoms with van der Waals surface area (Å²) in [4.78, 5) is 2.16. The molecule has 1 atom stereocenters. The van der Waals surface area contributed by atoms with E-state index in [1.54, 1.807) is 0 Å². The summed E-state index contributed by atoms with van der Waals surface area (Å²) in [6.45, 7) is 6.85. The highest BCUT2D eigenvalue weighted by Gasteiger charge is 2.32. The van der Waals surface area contributed by atoms with Gasteiger partial charge < -0.3 is 5.32 Å². The maximum absolute atomic E-state index is 14.4. The number of alkyl halides is 3. The fourth-order valence-corrected chi connectivity index (χ4v) is 3.13. The van der Waals surface area contributed by atoms with Crippen LogP contribution in [0, 0.1) is 5.82 Å². The van der Waals surface area contributed by atoms with Gasteiger partial charge in [0, 0.05) is 37.8 Å². The second-order valence-corrected chi connectivity index (χ2v) is 6.11. The fraction of sp³-hybridized carbons (Fsp3) is 0.556. The molecule has 1 aromatic rings. The topological polar surface area (TPSA) is 15.3 Å². The Hall–Kier alpha value is -1.40. The van der Waals surface area contributed by atoms with E-state index in [0.717, 1.165) is 57.9 Å². The molecule has 0 aromatic heterocycles. The third-order valence-corrected chi connectivity index (χ3v) is 4.41. The van der Waals surface area contributed by atoms with Gasteiger partial charge in [-0.05, 0) is 31.4 Å². The maximum atomic E-state index is 14.4. The Morgan fingerprint density at radius 1 is 1.21 bits per heavy atom. The van der Waals surface area contributed by atoms with Crippen LogP contribution in [0.15, 0.2) is 30.9 Å². The lowest BCUT2D eigenvalue weighted by Crippen LogP contribution is -2.45. The van der Waals surface area contributed by atoms with Crippen LogP contribution in [0.4, 0.5) is 17.6 Å². The summed E-state index contributed by atoms with van der Waals surface area (Å²) >= 11 is 0. The number of hydrogen-bond acceptors (Lipinski definition) is 2. The van der Waals surface area contributed by atoms with Crippen molar-refractivity contribution in [3.8, 4) is 0 Å². The van der Waals surface area contributed by atoms with E-state index < -0.39 is 17.6 Å². The van der Waals surface area contributed by atoms with Crippen molar-refractivity contribution in [1.29, 1.82) is 0 Å². The van der Waals surface area contributed by atoms with Crippen molar-refractivity contribution in [3.05, 3.63) is 47.8 Å². The monoisotopic (exact) mass is 344 g/mol. The van der Waals surface area contributed by atoms with E-state index in [-0.39, 0.29) is 6.04 Å². The summed E-state index contributed by atoms with van der Waals surface area (Å²) in [5.74, 6) is -0.767. The Labute approximate surface area is 140 Å². The molecule has 0 radical (unpaired) electrons. The zero-order chi connectivity index (χ0) is 17.6. The smallest absolute Gasteiger partial charge is 0.314 e. The Balaban J connectivity index is 2.19. The Kier molecular flexibility index (Phi) is 6.80. The molecule has 134 valence electrons. The van der Waals surface area contributed by atoms with Gasteiger partial charge in [-0.25, -0.2) is 4.39 Å². The third-order valence-electron chi connectivity index (χ3n) is 4.41. The number of nitrogens with zero attached hydrogens (tertiary/aromatic N) is 1.